The molecule has 140 valence electrons. The number of aliphatic hydroxyl groups is 1. The van der Waals surface area contributed by atoms with Crippen molar-refractivity contribution in [2.24, 2.45) is 0 Å². The lowest BCUT2D eigenvalue weighted by atomic mass is 10.1. The molecule has 26 heavy (non-hydrogen) atoms. The number of aliphatic hydroxyl groups excluding tert-OH is 1. The van der Waals surface area contributed by atoms with Crippen LogP contribution < -0.4 is 14.8 Å². The minimum absolute atomic E-state index is 0.0113. The van der Waals surface area contributed by atoms with Gasteiger partial charge in [-0.1, -0.05) is 23.7 Å². The fourth-order valence-electron chi connectivity index (χ4n) is 2.18. The van der Waals surface area contributed by atoms with Gasteiger partial charge in [-0.15, -0.1) is 0 Å². The van der Waals surface area contributed by atoms with Gasteiger partial charge < -0.3 is 15.2 Å². The van der Waals surface area contributed by atoms with Gasteiger partial charge in [-0.05, 0) is 35.9 Å². The summed E-state index contributed by atoms with van der Waals surface area (Å²) in [7, 11) is -1.98. The number of benzene rings is 2. The largest absolute Gasteiger partial charge is 0.497 e. The lowest BCUT2D eigenvalue weighted by Gasteiger charge is -2.14. The van der Waals surface area contributed by atoms with E-state index >= 15 is 0 Å². The molecule has 0 fully saturated rings. The quantitative estimate of drug-likeness (QED) is 0.663. The third-order valence-corrected chi connectivity index (χ3v) is 4.40. The summed E-state index contributed by atoms with van der Waals surface area (Å²) in [6.45, 7) is -0.0113. The molecule has 0 saturated heterocycles. The highest BCUT2D eigenvalue weighted by Crippen LogP contribution is 2.24. The summed E-state index contributed by atoms with van der Waals surface area (Å²) >= 11 is 5.93. The van der Waals surface area contributed by atoms with Gasteiger partial charge in [-0.2, -0.15) is 0 Å². The van der Waals surface area contributed by atoms with Crippen molar-refractivity contribution in [3.63, 3.8) is 0 Å². The van der Waals surface area contributed by atoms with Crippen molar-refractivity contribution in [3.05, 3.63) is 58.6 Å². The average Bonchev–Trinajstić information content (AvgIpc) is 2.60. The van der Waals surface area contributed by atoms with Crippen LogP contribution in [-0.4, -0.2) is 39.3 Å². The smallest absolute Gasteiger partial charge is 0.251 e. The number of nitrogens with one attached hydrogen (secondary N) is 2. The summed E-state index contributed by atoms with van der Waals surface area (Å²) in [5.74, 6) is 0.197. The van der Waals surface area contributed by atoms with Gasteiger partial charge in [0.05, 0.1) is 30.2 Å². The summed E-state index contributed by atoms with van der Waals surface area (Å²) in [5, 5.41) is 12.9. The zero-order valence-corrected chi connectivity index (χ0v) is 15.8. The monoisotopic (exact) mass is 398 g/mol. The molecular weight excluding hydrogens is 380 g/mol. The van der Waals surface area contributed by atoms with Gasteiger partial charge in [0.1, 0.15) is 5.75 Å². The van der Waals surface area contributed by atoms with Gasteiger partial charge >= 0.3 is 0 Å². The molecule has 0 heterocycles. The predicted molar refractivity (Wildman–Crippen MR) is 100 cm³/mol. The van der Waals surface area contributed by atoms with Crippen LogP contribution in [0.4, 0.5) is 5.69 Å². The second-order valence-corrected chi connectivity index (χ2v) is 7.72. The van der Waals surface area contributed by atoms with E-state index in [2.05, 4.69) is 10.0 Å². The fraction of sp³-hybridized carbons (Fsp3) is 0.235. The highest BCUT2D eigenvalue weighted by atomic mass is 35.5. The third kappa shape index (κ3) is 5.62. The molecule has 0 aromatic heterocycles. The minimum atomic E-state index is -3.53. The van der Waals surface area contributed by atoms with Crippen molar-refractivity contribution in [1.82, 2.24) is 5.32 Å². The summed E-state index contributed by atoms with van der Waals surface area (Å²) in [4.78, 5) is 12.2. The zero-order chi connectivity index (χ0) is 19.3. The Balaban J connectivity index is 2.03. The lowest BCUT2D eigenvalue weighted by Crippen LogP contribution is -2.28. The van der Waals surface area contributed by atoms with Crippen molar-refractivity contribution in [2.75, 3.05) is 24.6 Å². The Kier molecular flexibility index (Phi) is 6.47. The molecule has 9 heteroatoms. The standard InChI is InChI=1S/C17H19ClN2O5S/c1-25-13-6-3-11(4-7-13)16(21)10-19-17(22)12-5-8-14(18)15(9-12)20-26(2,23)24/h3-9,16,20-21H,10H2,1-2H3,(H,19,22). The van der Waals surface area contributed by atoms with Crippen LogP contribution in [0.15, 0.2) is 42.5 Å². The van der Waals surface area contributed by atoms with E-state index in [1.54, 1.807) is 31.4 Å². The number of hydrogen-bond donors (Lipinski definition) is 3. The first-order chi connectivity index (χ1) is 12.2. The average molecular weight is 399 g/mol. The molecule has 0 radical (unpaired) electrons. The van der Waals surface area contributed by atoms with E-state index in [0.717, 1.165) is 6.26 Å². The Labute approximate surface area is 157 Å². The number of carbonyl (C=O) groups excluding carboxylic acids is 1. The van der Waals surface area contributed by atoms with E-state index in [1.165, 1.54) is 18.2 Å². The number of carbonyl (C=O) groups is 1. The molecule has 2 aromatic rings. The van der Waals surface area contributed by atoms with E-state index in [-0.39, 0.29) is 22.8 Å². The second kappa shape index (κ2) is 8.39. The Bertz CT molecular complexity index is 885. The van der Waals surface area contributed by atoms with E-state index in [1.807, 2.05) is 0 Å². The molecule has 0 aliphatic heterocycles. The minimum Gasteiger partial charge on any atom is -0.497 e. The van der Waals surface area contributed by atoms with Gasteiger partial charge in [0.15, 0.2) is 0 Å². The molecule has 0 spiro atoms. The maximum atomic E-state index is 12.2. The number of halogens is 1. The Morgan fingerprint density at radius 3 is 2.46 bits per heavy atom. The summed E-state index contributed by atoms with van der Waals surface area (Å²) in [6.07, 6.45) is 0.0900. The number of anilines is 1. The van der Waals surface area contributed by atoms with Crippen molar-refractivity contribution >= 4 is 33.2 Å². The SMILES string of the molecule is COc1ccc(C(O)CNC(=O)c2ccc(Cl)c(NS(C)(=O)=O)c2)cc1. The molecular formula is C17H19ClN2O5S. The molecule has 0 aliphatic rings. The molecule has 2 aromatic carbocycles. The maximum Gasteiger partial charge on any atom is 0.251 e. The summed E-state index contributed by atoms with van der Waals surface area (Å²) in [5.41, 5.74) is 0.946. The lowest BCUT2D eigenvalue weighted by molar-refractivity contribution is 0.0916. The first-order valence-corrected chi connectivity index (χ1v) is 9.84. The number of rotatable bonds is 7. The zero-order valence-electron chi connectivity index (χ0n) is 14.2. The highest BCUT2D eigenvalue weighted by Gasteiger charge is 2.14. The molecule has 1 atom stereocenters. The fourth-order valence-corrected chi connectivity index (χ4v) is 2.97. The number of hydrogen-bond acceptors (Lipinski definition) is 5. The van der Waals surface area contributed by atoms with Crippen LogP contribution in [0.25, 0.3) is 0 Å². The summed E-state index contributed by atoms with van der Waals surface area (Å²) < 4.78 is 30.0. The normalized spacial score (nSPS) is 12.3. The van der Waals surface area contributed by atoms with Crippen molar-refractivity contribution in [2.45, 2.75) is 6.10 Å². The van der Waals surface area contributed by atoms with Crippen LogP contribution in [0.2, 0.25) is 5.02 Å². The number of sulfonamides is 1. The van der Waals surface area contributed by atoms with Gasteiger partial charge in [0, 0.05) is 12.1 Å². The van der Waals surface area contributed by atoms with Crippen LogP contribution in [0.5, 0.6) is 5.75 Å². The molecule has 1 amide bonds. The molecule has 1 unspecified atom stereocenters. The van der Waals surface area contributed by atoms with Gasteiger partial charge in [-0.3, -0.25) is 9.52 Å². The van der Waals surface area contributed by atoms with E-state index in [9.17, 15) is 18.3 Å². The van der Waals surface area contributed by atoms with Crippen molar-refractivity contribution < 1.29 is 23.1 Å². The van der Waals surface area contributed by atoms with Gasteiger partial charge in [0.2, 0.25) is 10.0 Å². The van der Waals surface area contributed by atoms with E-state index < -0.39 is 22.0 Å². The third-order valence-electron chi connectivity index (χ3n) is 3.48. The van der Waals surface area contributed by atoms with Gasteiger partial charge in [0.25, 0.3) is 5.91 Å². The van der Waals surface area contributed by atoms with E-state index in [4.69, 9.17) is 16.3 Å². The van der Waals surface area contributed by atoms with Crippen LogP contribution in [-0.2, 0) is 10.0 Å². The molecule has 3 N–H and O–H groups in total. The Morgan fingerprint density at radius 1 is 1.23 bits per heavy atom. The Morgan fingerprint density at radius 2 is 1.88 bits per heavy atom. The van der Waals surface area contributed by atoms with Gasteiger partial charge in [-0.25, -0.2) is 8.42 Å². The molecule has 0 saturated carbocycles. The summed E-state index contributed by atoms with van der Waals surface area (Å²) in [6, 6.07) is 11.0. The molecule has 0 bridgehead atoms. The van der Waals surface area contributed by atoms with Crippen molar-refractivity contribution in [1.29, 1.82) is 0 Å². The number of ether oxygens (including phenoxy) is 1. The maximum absolute atomic E-state index is 12.2. The first kappa shape index (κ1) is 20.0. The predicted octanol–water partition coefficient (Wildman–Crippen LogP) is 2.18. The Hall–Kier alpha value is -2.29. The molecule has 7 nitrogen and oxygen atoms in total. The molecule has 2 rings (SSSR count). The van der Waals surface area contributed by atoms with Crippen molar-refractivity contribution in [3.8, 4) is 5.75 Å². The number of methoxy groups -OCH3 is 1. The topological polar surface area (TPSA) is 105 Å². The van der Waals surface area contributed by atoms with Crippen LogP contribution in [0, 0.1) is 0 Å². The van der Waals surface area contributed by atoms with E-state index in [0.29, 0.717) is 11.3 Å². The second-order valence-electron chi connectivity index (χ2n) is 5.57. The van der Waals surface area contributed by atoms with Crippen LogP contribution in [0.3, 0.4) is 0 Å². The first-order valence-electron chi connectivity index (χ1n) is 7.57. The van der Waals surface area contributed by atoms with Crippen LogP contribution >= 0.6 is 11.6 Å². The molecule has 0 aliphatic carbocycles. The number of amides is 1. The highest BCUT2D eigenvalue weighted by molar-refractivity contribution is 7.92. The van der Waals surface area contributed by atoms with Crippen LogP contribution in [0.1, 0.15) is 22.0 Å².